The molecule has 8 nitrogen and oxygen atoms in total. The van der Waals surface area contributed by atoms with Crippen LogP contribution in [0.15, 0.2) is 41.2 Å². The first-order valence-electron chi connectivity index (χ1n) is 9.72. The van der Waals surface area contributed by atoms with Crippen molar-refractivity contribution in [1.29, 1.82) is 0 Å². The average molecular weight is 393 g/mol. The Morgan fingerprint density at radius 1 is 1.21 bits per heavy atom. The summed E-state index contributed by atoms with van der Waals surface area (Å²) in [5, 5.41) is 8.26. The van der Waals surface area contributed by atoms with Crippen LogP contribution in [-0.2, 0) is 4.79 Å². The Labute approximate surface area is 169 Å². The molecule has 0 unspecified atom stereocenters. The van der Waals surface area contributed by atoms with Gasteiger partial charge >= 0.3 is 0 Å². The van der Waals surface area contributed by atoms with E-state index in [1.807, 2.05) is 32.0 Å². The first-order chi connectivity index (χ1) is 14.1. The molecule has 0 N–H and O–H groups in total. The maximum atomic E-state index is 12.9. The van der Waals surface area contributed by atoms with E-state index in [-0.39, 0.29) is 18.6 Å². The molecule has 150 valence electrons. The lowest BCUT2D eigenvalue weighted by Gasteiger charge is -2.33. The molecule has 0 radical (unpaired) electrons. The fraction of sp³-hybridized carbons (Fsp3) is 0.381. The Bertz CT molecular complexity index is 969. The summed E-state index contributed by atoms with van der Waals surface area (Å²) in [5.74, 6) is 1.40. The molecule has 1 saturated heterocycles. The van der Waals surface area contributed by atoms with E-state index in [4.69, 9.17) is 9.15 Å². The molecule has 3 aromatic rings. The van der Waals surface area contributed by atoms with Crippen LogP contribution in [0.25, 0.3) is 11.6 Å². The summed E-state index contributed by atoms with van der Waals surface area (Å²) in [6.45, 7) is 4.57. The van der Waals surface area contributed by atoms with Crippen molar-refractivity contribution in [3.05, 3.63) is 53.8 Å². The van der Waals surface area contributed by atoms with Crippen LogP contribution in [0.1, 0.15) is 42.3 Å². The summed E-state index contributed by atoms with van der Waals surface area (Å²) in [6.07, 6.45) is 7.43. The van der Waals surface area contributed by atoms with Gasteiger partial charge in [0.15, 0.2) is 6.61 Å². The third kappa shape index (κ3) is 4.11. The zero-order chi connectivity index (χ0) is 20.2. The van der Waals surface area contributed by atoms with E-state index in [1.165, 1.54) is 0 Å². The van der Waals surface area contributed by atoms with Gasteiger partial charge in [-0.3, -0.25) is 9.78 Å². The van der Waals surface area contributed by atoms with Crippen LogP contribution < -0.4 is 4.74 Å². The van der Waals surface area contributed by atoms with Gasteiger partial charge in [-0.05, 0) is 44.2 Å². The van der Waals surface area contributed by atoms with Crippen molar-refractivity contribution < 1.29 is 13.9 Å². The third-order valence-electron chi connectivity index (χ3n) is 5.08. The first-order valence-corrected chi connectivity index (χ1v) is 9.72. The quantitative estimate of drug-likeness (QED) is 0.656. The molecule has 1 aliphatic rings. The largest absolute Gasteiger partial charge is 0.483 e. The van der Waals surface area contributed by atoms with E-state index in [9.17, 15) is 4.79 Å². The number of piperidine rings is 1. The zero-order valence-electron chi connectivity index (χ0n) is 16.5. The Morgan fingerprint density at radius 3 is 2.79 bits per heavy atom. The van der Waals surface area contributed by atoms with Gasteiger partial charge in [-0.2, -0.15) is 0 Å². The maximum absolute atomic E-state index is 12.9. The molecule has 0 saturated carbocycles. The SMILES string of the molecule is Cc1cccc(C)c1OCC(=O)N1CCCC[C@@H]1c1nnc(-c2cnccn2)o1. The number of nitrogens with zero attached hydrogens (tertiary/aromatic N) is 5. The zero-order valence-corrected chi connectivity index (χ0v) is 16.5. The minimum atomic E-state index is -0.254. The second-order valence-electron chi connectivity index (χ2n) is 7.14. The summed E-state index contributed by atoms with van der Waals surface area (Å²) in [7, 11) is 0. The average Bonchev–Trinajstić information content (AvgIpc) is 3.24. The number of carbonyl (C=O) groups excluding carboxylic acids is 1. The number of benzene rings is 1. The Balaban J connectivity index is 1.49. The molecule has 1 aromatic carbocycles. The van der Waals surface area contributed by atoms with E-state index in [1.54, 1.807) is 23.5 Å². The summed E-state index contributed by atoms with van der Waals surface area (Å²) in [4.78, 5) is 22.9. The molecule has 2 aromatic heterocycles. The number of amides is 1. The summed E-state index contributed by atoms with van der Waals surface area (Å²) < 4.78 is 11.7. The van der Waals surface area contributed by atoms with Crippen LogP contribution in [0.4, 0.5) is 0 Å². The van der Waals surface area contributed by atoms with Crippen LogP contribution in [-0.4, -0.2) is 44.1 Å². The molecule has 8 heteroatoms. The van der Waals surface area contributed by atoms with Crippen LogP contribution in [0.5, 0.6) is 5.75 Å². The molecule has 3 heterocycles. The van der Waals surface area contributed by atoms with E-state index >= 15 is 0 Å². The fourth-order valence-electron chi connectivity index (χ4n) is 3.61. The maximum Gasteiger partial charge on any atom is 0.267 e. The van der Waals surface area contributed by atoms with Crippen molar-refractivity contribution >= 4 is 5.91 Å². The van der Waals surface area contributed by atoms with Crippen molar-refractivity contribution in [3.8, 4) is 17.3 Å². The van der Waals surface area contributed by atoms with Crippen LogP contribution in [0.2, 0.25) is 0 Å². The molecule has 0 bridgehead atoms. The number of likely N-dealkylation sites (tertiary alicyclic amines) is 1. The molecule has 1 aliphatic heterocycles. The molecule has 4 rings (SSSR count). The van der Waals surface area contributed by atoms with Gasteiger partial charge in [0.05, 0.1) is 6.20 Å². The summed E-state index contributed by atoms with van der Waals surface area (Å²) in [6, 6.07) is 5.67. The van der Waals surface area contributed by atoms with Gasteiger partial charge in [-0.25, -0.2) is 4.98 Å². The second-order valence-corrected chi connectivity index (χ2v) is 7.14. The van der Waals surface area contributed by atoms with Crippen molar-refractivity contribution in [1.82, 2.24) is 25.1 Å². The normalized spacial score (nSPS) is 16.6. The number of carbonyl (C=O) groups is 1. The highest BCUT2D eigenvalue weighted by Crippen LogP contribution is 2.32. The Hall–Kier alpha value is -3.29. The number of aromatic nitrogens is 4. The highest BCUT2D eigenvalue weighted by molar-refractivity contribution is 5.78. The van der Waals surface area contributed by atoms with Gasteiger partial charge in [0.2, 0.25) is 5.89 Å². The summed E-state index contributed by atoms with van der Waals surface area (Å²) in [5.41, 5.74) is 2.54. The predicted octanol–water partition coefficient (Wildman–Crippen LogP) is 3.28. The van der Waals surface area contributed by atoms with Crippen molar-refractivity contribution in [2.24, 2.45) is 0 Å². The summed E-state index contributed by atoms with van der Waals surface area (Å²) >= 11 is 0. The molecule has 1 fully saturated rings. The number of hydrogen-bond donors (Lipinski definition) is 0. The van der Waals surface area contributed by atoms with E-state index < -0.39 is 0 Å². The van der Waals surface area contributed by atoms with Gasteiger partial charge in [0, 0.05) is 18.9 Å². The van der Waals surface area contributed by atoms with Crippen LogP contribution in [0.3, 0.4) is 0 Å². The minimum Gasteiger partial charge on any atom is -0.483 e. The lowest BCUT2D eigenvalue weighted by molar-refractivity contribution is -0.137. The van der Waals surface area contributed by atoms with Crippen LogP contribution >= 0.6 is 0 Å². The van der Waals surface area contributed by atoms with E-state index in [0.29, 0.717) is 24.0 Å². The van der Waals surface area contributed by atoms with Crippen molar-refractivity contribution in [2.45, 2.75) is 39.2 Å². The lowest BCUT2D eigenvalue weighted by atomic mass is 10.0. The van der Waals surface area contributed by atoms with Gasteiger partial charge in [0.25, 0.3) is 11.8 Å². The molecular formula is C21H23N5O3. The lowest BCUT2D eigenvalue weighted by Crippen LogP contribution is -2.41. The molecular weight excluding hydrogens is 370 g/mol. The van der Waals surface area contributed by atoms with E-state index in [0.717, 1.165) is 36.1 Å². The number of aryl methyl sites for hydroxylation is 2. The van der Waals surface area contributed by atoms with Gasteiger partial charge in [-0.1, -0.05) is 18.2 Å². The number of hydrogen-bond acceptors (Lipinski definition) is 7. The smallest absolute Gasteiger partial charge is 0.267 e. The number of para-hydroxylation sites is 1. The van der Waals surface area contributed by atoms with Crippen molar-refractivity contribution in [3.63, 3.8) is 0 Å². The predicted molar refractivity (Wildman–Crippen MR) is 105 cm³/mol. The highest BCUT2D eigenvalue weighted by atomic mass is 16.5. The molecule has 0 aliphatic carbocycles. The van der Waals surface area contributed by atoms with Crippen molar-refractivity contribution in [2.75, 3.05) is 13.2 Å². The van der Waals surface area contributed by atoms with E-state index in [2.05, 4.69) is 20.2 Å². The third-order valence-corrected chi connectivity index (χ3v) is 5.08. The standard InChI is InChI=1S/C21H23N5O3/c1-14-6-5-7-15(2)19(14)28-13-18(27)26-11-4-3-8-17(26)21-25-24-20(29-21)16-12-22-9-10-23-16/h5-7,9-10,12,17H,3-4,8,11,13H2,1-2H3/t17-/m1/s1. The van der Waals surface area contributed by atoms with Crippen LogP contribution in [0, 0.1) is 13.8 Å². The molecule has 0 spiro atoms. The second kappa shape index (κ2) is 8.38. The molecule has 1 amide bonds. The van der Waals surface area contributed by atoms with Gasteiger partial charge in [0.1, 0.15) is 17.5 Å². The number of rotatable bonds is 5. The fourth-order valence-corrected chi connectivity index (χ4v) is 3.61. The van der Waals surface area contributed by atoms with Gasteiger partial charge in [-0.15, -0.1) is 10.2 Å². The highest BCUT2D eigenvalue weighted by Gasteiger charge is 2.32. The Morgan fingerprint density at radius 2 is 2.03 bits per heavy atom. The number of ether oxygens (including phenoxy) is 1. The molecule has 1 atom stereocenters. The first kappa shape index (κ1) is 19.0. The molecule has 29 heavy (non-hydrogen) atoms. The van der Waals surface area contributed by atoms with Gasteiger partial charge < -0.3 is 14.1 Å². The monoisotopic (exact) mass is 393 g/mol. The Kier molecular flexibility index (Phi) is 5.50. The minimum absolute atomic E-state index is 0.0205. The topological polar surface area (TPSA) is 94.2 Å².